The fourth-order valence-electron chi connectivity index (χ4n) is 2.92. The molecule has 1 aliphatic rings. The number of rotatable bonds is 4. The van der Waals surface area contributed by atoms with E-state index >= 15 is 0 Å². The Balaban J connectivity index is 1.80. The SMILES string of the molecule is CNc1cc(Nc2cccc(F)c2)n2ncc(C3CCC3)c2n1. The monoisotopic (exact) mass is 311 g/mol. The number of nitrogens with one attached hydrogen (secondary N) is 2. The van der Waals surface area contributed by atoms with E-state index in [9.17, 15) is 4.39 Å². The molecule has 118 valence electrons. The van der Waals surface area contributed by atoms with Crippen molar-refractivity contribution in [2.45, 2.75) is 25.2 Å². The van der Waals surface area contributed by atoms with Crippen molar-refractivity contribution in [3.05, 3.63) is 47.9 Å². The second-order valence-electron chi connectivity index (χ2n) is 5.88. The van der Waals surface area contributed by atoms with Crippen LogP contribution >= 0.6 is 0 Å². The summed E-state index contributed by atoms with van der Waals surface area (Å²) in [6.07, 6.45) is 5.56. The van der Waals surface area contributed by atoms with E-state index in [2.05, 4.69) is 20.7 Å². The van der Waals surface area contributed by atoms with E-state index in [0.717, 1.165) is 17.3 Å². The minimum Gasteiger partial charge on any atom is -0.373 e. The molecule has 0 bridgehead atoms. The number of anilines is 3. The molecule has 0 saturated heterocycles. The van der Waals surface area contributed by atoms with Gasteiger partial charge in [0.2, 0.25) is 0 Å². The van der Waals surface area contributed by atoms with Gasteiger partial charge in [-0.2, -0.15) is 9.61 Å². The Morgan fingerprint density at radius 3 is 2.83 bits per heavy atom. The molecule has 1 saturated carbocycles. The van der Waals surface area contributed by atoms with Crippen molar-refractivity contribution < 1.29 is 4.39 Å². The molecule has 0 spiro atoms. The van der Waals surface area contributed by atoms with Gasteiger partial charge < -0.3 is 10.6 Å². The quantitative estimate of drug-likeness (QED) is 0.767. The van der Waals surface area contributed by atoms with Gasteiger partial charge in [0.1, 0.15) is 17.5 Å². The van der Waals surface area contributed by atoms with Gasteiger partial charge in [0.25, 0.3) is 0 Å². The third kappa shape index (κ3) is 2.50. The van der Waals surface area contributed by atoms with Gasteiger partial charge in [-0.3, -0.25) is 0 Å². The summed E-state index contributed by atoms with van der Waals surface area (Å²) in [7, 11) is 1.84. The molecular weight excluding hydrogens is 293 g/mol. The normalized spacial score (nSPS) is 14.7. The Hall–Kier alpha value is -2.63. The summed E-state index contributed by atoms with van der Waals surface area (Å²) in [6, 6.07) is 8.26. The van der Waals surface area contributed by atoms with Gasteiger partial charge in [0.05, 0.1) is 6.20 Å². The highest BCUT2D eigenvalue weighted by molar-refractivity contribution is 5.65. The van der Waals surface area contributed by atoms with Crippen LogP contribution in [0.3, 0.4) is 0 Å². The predicted octanol–water partition coefficient (Wildman–Crippen LogP) is 3.92. The molecule has 5 nitrogen and oxygen atoms in total. The zero-order valence-electron chi connectivity index (χ0n) is 12.9. The van der Waals surface area contributed by atoms with Crippen LogP contribution < -0.4 is 10.6 Å². The standard InChI is InChI=1S/C17H18FN5/c1-19-15-9-16(21-13-7-3-6-12(18)8-13)23-17(22-15)14(10-20-23)11-4-2-5-11/h3,6-11,21H,2,4-5H2,1H3,(H,19,22). The second-order valence-corrected chi connectivity index (χ2v) is 5.88. The van der Waals surface area contributed by atoms with E-state index < -0.39 is 0 Å². The van der Waals surface area contributed by atoms with Crippen molar-refractivity contribution >= 4 is 23.0 Å². The first kappa shape index (κ1) is 14.0. The van der Waals surface area contributed by atoms with Crippen LogP contribution in [-0.4, -0.2) is 21.6 Å². The largest absolute Gasteiger partial charge is 0.373 e. The molecule has 0 radical (unpaired) electrons. The number of halogens is 1. The molecule has 0 atom stereocenters. The zero-order chi connectivity index (χ0) is 15.8. The third-order valence-corrected chi connectivity index (χ3v) is 4.40. The Kier molecular flexibility index (Phi) is 3.37. The smallest absolute Gasteiger partial charge is 0.163 e. The summed E-state index contributed by atoms with van der Waals surface area (Å²) >= 11 is 0. The summed E-state index contributed by atoms with van der Waals surface area (Å²) in [5, 5.41) is 10.8. The number of hydrogen-bond acceptors (Lipinski definition) is 4. The summed E-state index contributed by atoms with van der Waals surface area (Å²) in [6.45, 7) is 0. The van der Waals surface area contributed by atoms with Gasteiger partial charge in [-0.25, -0.2) is 9.37 Å². The van der Waals surface area contributed by atoms with Crippen LogP contribution in [0.4, 0.5) is 21.7 Å². The maximum Gasteiger partial charge on any atom is 0.163 e. The predicted molar refractivity (Wildman–Crippen MR) is 88.8 cm³/mol. The minimum absolute atomic E-state index is 0.273. The Morgan fingerprint density at radius 2 is 2.13 bits per heavy atom. The van der Waals surface area contributed by atoms with E-state index in [1.54, 1.807) is 10.6 Å². The molecule has 2 aromatic heterocycles. The maximum atomic E-state index is 13.4. The molecule has 0 unspecified atom stereocenters. The number of aromatic nitrogens is 3. The molecule has 1 aliphatic carbocycles. The molecule has 2 heterocycles. The van der Waals surface area contributed by atoms with E-state index in [1.807, 2.05) is 25.4 Å². The summed E-state index contributed by atoms with van der Waals surface area (Å²) in [5.41, 5.74) is 2.73. The molecule has 6 heteroatoms. The van der Waals surface area contributed by atoms with Gasteiger partial charge in [0.15, 0.2) is 5.65 Å². The Morgan fingerprint density at radius 1 is 1.26 bits per heavy atom. The molecule has 0 aliphatic heterocycles. The van der Waals surface area contributed by atoms with Crippen LogP contribution in [0, 0.1) is 5.82 Å². The highest BCUT2D eigenvalue weighted by Crippen LogP contribution is 2.38. The van der Waals surface area contributed by atoms with Crippen LogP contribution in [0.15, 0.2) is 36.5 Å². The Labute approximate surface area is 133 Å². The summed E-state index contributed by atoms with van der Waals surface area (Å²) < 4.78 is 15.2. The highest BCUT2D eigenvalue weighted by atomic mass is 19.1. The molecule has 3 aromatic rings. The average Bonchev–Trinajstić information content (AvgIpc) is 2.89. The van der Waals surface area contributed by atoms with Gasteiger partial charge in [-0.15, -0.1) is 0 Å². The first-order chi connectivity index (χ1) is 11.2. The Bertz CT molecular complexity index is 853. The van der Waals surface area contributed by atoms with Gasteiger partial charge in [-0.1, -0.05) is 12.5 Å². The van der Waals surface area contributed by atoms with Gasteiger partial charge in [-0.05, 0) is 37.0 Å². The molecule has 23 heavy (non-hydrogen) atoms. The van der Waals surface area contributed by atoms with E-state index in [0.29, 0.717) is 11.6 Å². The average molecular weight is 311 g/mol. The lowest BCUT2D eigenvalue weighted by Gasteiger charge is -2.24. The maximum absolute atomic E-state index is 13.4. The van der Waals surface area contributed by atoms with Crippen LogP contribution in [0.25, 0.3) is 5.65 Å². The van der Waals surface area contributed by atoms with Crippen molar-refractivity contribution in [3.8, 4) is 0 Å². The third-order valence-electron chi connectivity index (χ3n) is 4.40. The fraction of sp³-hybridized carbons (Fsp3) is 0.294. The van der Waals surface area contributed by atoms with Gasteiger partial charge >= 0.3 is 0 Å². The lowest BCUT2D eigenvalue weighted by Crippen LogP contribution is -2.10. The first-order valence-corrected chi connectivity index (χ1v) is 7.83. The second kappa shape index (κ2) is 5.53. The van der Waals surface area contributed by atoms with Crippen molar-refractivity contribution in [2.24, 2.45) is 0 Å². The lowest BCUT2D eigenvalue weighted by atomic mass is 9.81. The van der Waals surface area contributed by atoms with Crippen LogP contribution in [0.5, 0.6) is 0 Å². The highest BCUT2D eigenvalue weighted by Gasteiger charge is 2.24. The van der Waals surface area contributed by atoms with Crippen molar-refractivity contribution in [2.75, 3.05) is 17.7 Å². The van der Waals surface area contributed by atoms with E-state index in [4.69, 9.17) is 0 Å². The minimum atomic E-state index is -0.273. The summed E-state index contributed by atoms with van der Waals surface area (Å²) in [4.78, 5) is 4.65. The molecular formula is C17H18FN5. The van der Waals surface area contributed by atoms with Crippen molar-refractivity contribution in [3.63, 3.8) is 0 Å². The summed E-state index contributed by atoms with van der Waals surface area (Å²) in [5.74, 6) is 1.80. The molecule has 1 fully saturated rings. The molecule has 0 amide bonds. The molecule has 2 N–H and O–H groups in total. The van der Waals surface area contributed by atoms with Crippen LogP contribution in [0.2, 0.25) is 0 Å². The number of benzene rings is 1. The number of fused-ring (bicyclic) bond motifs is 1. The number of hydrogen-bond donors (Lipinski definition) is 2. The van der Waals surface area contributed by atoms with Crippen LogP contribution in [0.1, 0.15) is 30.7 Å². The topological polar surface area (TPSA) is 54.2 Å². The molecule has 1 aromatic carbocycles. The number of nitrogens with zero attached hydrogens (tertiary/aromatic N) is 3. The fourth-order valence-corrected chi connectivity index (χ4v) is 2.92. The van der Waals surface area contributed by atoms with Crippen molar-refractivity contribution in [1.29, 1.82) is 0 Å². The van der Waals surface area contributed by atoms with Crippen LogP contribution in [-0.2, 0) is 0 Å². The lowest BCUT2D eigenvalue weighted by molar-refractivity contribution is 0.421. The molecule has 4 rings (SSSR count). The van der Waals surface area contributed by atoms with E-state index in [1.165, 1.54) is 37.0 Å². The first-order valence-electron chi connectivity index (χ1n) is 7.83. The van der Waals surface area contributed by atoms with E-state index in [-0.39, 0.29) is 5.82 Å². The van der Waals surface area contributed by atoms with Crippen molar-refractivity contribution in [1.82, 2.24) is 14.6 Å². The zero-order valence-corrected chi connectivity index (χ0v) is 12.9. The van der Waals surface area contributed by atoms with Gasteiger partial charge in [0, 0.05) is 24.4 Å².